The number of quaternary nitrogens is 1. The third kappa shape index (κ3) is 9.06. The van der Waals surface area contributed by atoms with E-state index in [1.54, 1.807) is 14.1 Å². The van der Waals surface area contributed by atoms with Gasteiger partial charge in [-0.1, -0.05) is 0 Å². The number of alkyl halides is 4. The molecular weight excluding hydrogens is 344 g/mol. The number of carboxylic acids is 1. The van der Waals surface area contributed by atoms with Crippen LogP contribution in [0, 0.1) is 0 Å². The summed E-state index contributed by atoms with van der Waals surface area (Å²) >= 11 is 0. The molecule has 1 N–H and O–H groups in total. The fourth-order valence-corrected chi connectivity index (χ4v) is 2.95. The van der Waals surface area contributed by atoms with Gasteiger partial charge in [0.15, 0.2) is 0 Å². The monoisotopic (exact) mass is 366 g/mol. The van der Waals surface area contributed by atoms with E-state index in [0.717, 1.165) is 0 Å². The first-order chi connectivity index (χ1) is 10.1. The minimum absolute atomic E-state index is 0.0701. The normalized spacial score (nSPS) is 16.1. The smallest absolute Gasteiger partial charge is 0.422 e. The zero-order valence-corrected chi connectivity index (χ0v) is 14.1. The van der Waals surface area contributed by atoms with Crippen LogP contribution in [0.2, 0.25) is 0 Å². The number of carbonyl (C=O) groups excluding carboxylic acids is 1. The van der Waals surface area contributed by atoms with Gasteiger partial charge in [-0.2, -0.15) is 13.2 Å². The Morgan fingerprint density at radius 1 is 1.22 bits per heavy atom. The predicted octanol–water partition coefficient (Wildman–Crippen LogP) is -0.197. The van der Waals surface area contributed by atoms with Gasteiger partial charge in [0, 0.05) is 19.4 Å². The van der Waals surface area contributed by atoms with Crippen LogP contribution in [-0.2, 0) is 14.8 Å². The number of hydrogen-bond acceptors (Lipinski definition) is 4. The number of nitrogens with zero attached hydrogens (tertiary/aromatic N) is 1. The average molecular weight is 366 g/mol. The van der Waals surface area contributed by atoms with Gasteiger partial charge >= 0.3 is 6.18 Å². The van der Waals surface area contributed by atoms with Crippen LogP contribution in [0.5, 0.6) is 0 Å². The van der Waals surface area contributed by atoms with E-state index < -0.39 is 40.0 Å². The van der Waals surface area contributed by atoms with Gasteiger partial charge in [-0.15, -0.1) is 0 Å². The summed E-state index contributed by atoms with van der Waals surface area (Å²) < 4.78 is 75.5. The van der Waals surface area contributed by atoms with E-state index in [1.165, 1.54) is 0 Å². The molecule has 0 aliphatic carbocycles. The topological polar surface area (TPSA) is 86.3 Å². The number of aliphatic carboxylic acids is 1. The van der Waals surface area contributed by atoms with Crippen LogP contribution < -0.4 is 9.83 Å². The molecule has 0 fully saturated rings. The van der Waals surface area contributed by atoms with Crippen LogP contribution in [0.15, 0.2) is 0 Å². The van der Waals surface area contributed by atoms with E-state index in [4.69, 9.17) is 0 Å². The highest BCUT2D eigenvalue weighted by molar-refractivity contribution is 7.89. The van der Waals surface area contributed by atoms with Crippen LogP contribution >= 0.6 is 0 Å². The molecule has 0 rings (SSSR count). The first-order valence-corrected chi connectivity index (χ1v) is 8.48. The maximum atomic E-state index is 13.3. The summed E-state index contributed by atoms with van der Waals surface area (Å²) in [4.78, 5) is 10.5. The lowest BCUT2D eigenvalue weighted by atomic mass is 10.1. The lowest BCUT2D eigenvalue weighted by Crippen LogP contribution is -2.49. The number of sulfonamides is 1. The van der Waals surface area contributed by atoms with E-state index in [9.17, 15) is 35.9 Å². The quantitative estimate of drug-likeness (QED) is 0.330. The fourth-order valence-electron chi connectivity index (χ4n) is 1.70. The molecule has 1 atom stereocenters. The Labute approximate surface area is 133 Å². The molecule has 138 valence electrons. The Morgan fingerprint density at radius 3 is 2.17 bits per heavy atom. The second-order valence-corrected chi connectivity index (χ2v) is 8.13. The molecular formula is C12H22F4N2O4S. The van der Waals surface area contributed by atoms with Gasteiger partial charge in [-0.25, -0.2) is 17.5 Å². The van der Waals surface area contributed by atoms with Crippen LogP contribution in [-0.4, -0.2) is 70.2 Å². The largest absolute Gasteiger partial charge is 0.544 e. The van der Waals surface area contributed by atoms with E-state index in [0.29, 0.717) is 13.5 Å². The molecule has 23 heavy (non-hydrogen) atoms. The summed E-state index contributed by atoms with van der Waals surface area (Å²) in [5.41, 5.74) is -3.57. The minimum atomic E-state index is -5.13. The van der Waals surface area contributed by atoms with Crippen LogP contribution in [0.25, 0.3) is 0 Å². The number of halogens is 4. The van der Waals surface area contributed by atoms with Crippen molar-refractivity contribution in [2.45, 2.75) is 31.6 Å². The number of nitrogens with one attached hydrogen (secondary N) is 1. The Bertz CT molecular complexity index is 504. The minimum Gasteiger partial charge on any atom is -0.544 e. The van der Waals surface area contributed by atoms with Crippen molar-refractivity contribution in [3.8, 4) is 0 Å². The van der Waals surface area contributed by atoms with Crippen molar-refractivity contribution in [1.82, 2.24) is 4.72 Å². The molecule has 0 aromatic rings. The van der Waals surface area contributed by atoms with Crippen molar-refractivity contribution in [3.63, 3.8) is 0 Å². The van der Waals surface area contributed by atoms with E-state index in [-0.39, 0.29) is 24.0 Å². The lowest BCUT2D eigenvalue weighted by Gasteiger charge is -2.30. The molecule has 0 aromatic carbocycles. The third-order valence-electron chi connectivity index (χ3n) is 3.25. The highest BCUT2D eigenvalue weighted by Crippen LogP contribution is 2.36. The van der Waals surface area contributed by atoms with Crippen molar-refractivity contribution in [3.05, 3.63) is 0 Å². The Hall–Kier alpha value is -0.940. The first kappa shape index (κ1) is 22.1. The second kappa shape index (κ2) is 7.75. The SMILES string of the molecule is CC(F)(CCS(=O)(=O)NCCC[N+](C)(C)CC(=O)[O-])C(F)(F)F. The maximum absolute atomic E-state index is 13.3. The molecule has 0 spiro atoms. The number of carboxylic acid groups (broad SMARTS) is 1. The molecule has 11 heteroatoms. The second-order valence-electron chi connectivity index (χ2n) is 6.20. The summed E-state index contributed by atoms with van der Waals surface area (Å²) in [5.74, 6) is -2.23. The van der Waals surface area contributed by atoms with Gasteiger partial charge < -0.3 is 14.4 Å². The third-order valence-corrected chi connectivity index (χ3v) is 4.64. The molecule has 0 radical (unpaired) electrons. The highest BCUT2D eigenvalue weighted by Gasteiger charge is 2.52. The number of hydrogen-bond donors (Lipinski definition) is 1. The molecule has 6 nitrogen and oxygen atoms in total. The lowest BCUT2D eigenvalue weighted by molar-refractivity contribution is -0.884. The summed E-state index contributed by atoms with van der Waals surface area (Å²) in [6.45, 7) is 0.285. The molecule has 0 aromatic heterocycles. The van der Waals surface area contributed by atoms with Gasteiger partial charge in [-0.05, 0) is 6.92 Å². The summed E-state index contributed by atoms with van der Waals surface area (Å²) in [7, 11) is -0.815. The summed E-state index contributed by atoms with van der Waals surface area (Å²) in [5, 5.41) is 10.5. The van der Waals surface area contributed by atoms with Crippen LogP contribution in [0.1, 0.15) is 19.8 Å². The van der Waals surface area contributed by atoms with Gasteiger partial charge in [-0.3, -0.25) is 0 Å². The molecule has 0 saturated heterocycles. The van der Waals surface area contributed by atoms with Gasteiger partial charge in [0.1, 0.15) is 6.54 Å². The summed E-state index contributed by atoms with van der Waals surface area (Å²) in [6, 6.07) is 0. The first-order valence-electron chi connectivity index (χ1n) is 6.83. The predicted molar refractivity (Wildman–Crippen MR) is 73.4 cm³/mol. The number of rotatable bonds is 10. The highest BCUT2D eigenvalue weighted by atomic mass is 32.2. The van der Waals surface area contributed by atoms with Crippen molar-refractivity contribution < 1.29 is 40.4 Å². The Balaban J connectivity index is 4.28. The number of likely N-dealkylation sites (N-methyl/N-ethyl adjacent to an activating group) is 1. The van der Waals surface area contributed by atoms with Gasteiger partial charge in [0.25, 0.3) is 0 Å². The molecule has 1 unspecified atom stereocenters. The molecule has 0 saturated carbocycles. The zero-order chi connectivity index (χ0) is 18.5. The zero-order valence-electron chi connectivity index (χ0n) is 13.2. The van der Waals surface area contributed by atoms with Crippen molar-refractivity contribution in [1.29, 1.82) is 0 Å². The maximum Gasteiger partial charge on any atom is 0.422 e. The average Bonchev–Trinajstić information content (AvgIpc) is 2.30. The van der Waals surface area contributed by atoms with E-state index >= 15 is 0 Å². The Morgan fingerprint density at radius 2 is 1.74 bits per heavy atom. The standard InChI is InChI=1S/C12H22F4N2O4S/c1-11(13,12(14,15)16)5-8-23(21,22)17-6-4-7-18(2,3)9-10(19)20/h17H,4-9H2,1-3H3. The Kier molecular flexibility index (Phi) is 7.44. The molecule has 0 bridgehead atoms. The van der Waals surface area contributed by atoms with Crippen molar-refractivity contribution in [2.75, 3.05) is 39.5 Å². The van der Waals surface area contributed by atoms with Crippen LogP contribution in [0.3, 0.4) is 0 Å². The number of carbonyl (C=O) groups is 1. The molecule has 0 heterocycles. The van der Waals surface area contributed by atoms with Crippen molar-refractivity contribution >= 4 is 16.0 Å². The van der Waals surface area contributed by atoms with Gasteiger partial charge in [0.05, 0.1) is 32.4 Å². The van der Waals surface area contributed by atoms with Crippen LogP contribution in [0.4, 0.5) is 17.6 Å². The molecule has 0 amide bonds. The van der Waals surface area contributed by atoms with E-state index in [2.05, 4.69) is 4.72 Å². The van der Waals surface area contributed by atoms with Gasteiger partial charge in [0.2, 0.25) is 15.7 Å². The van der Waals surface area contributed by atoms with E-state index in [1.807, 2.05) is 0 Å². The summed E-state index contributed by atoms with van der Waals surface area (Å²) in [6.07, 6.45) is -6.06. The molecule has 0 aliphatic rings. The van der Waals surface area contributed by atoms with Crippen molar-refractivity contribution in [2.24, 2.45) is 0 Å². The fraction of sp³-hybridized carbons (Fsp3) is 0.917. The molecule has 0 aliphatic heterocycles.